The Labute approximate surface area is 106 Å². The molecule has 0 aromatic rings. The van der Waals surface area contributed by atoms with Gasteiger partial charge < -0.3 is 10.5 Å². The summed E-state index contributed by atoms with van der Waals surface area (Å²) >= 11 is 0. The quantitative estimate of drug-likeness (QED) is 0.760. The summed E-state index contributed by atoms with van der Waals surface area (Å²) in [5.41, 5.74) is 6.56. The summed E-state index contributed by atoms with van der Waals surface area (Å²) in [5.74, 6) is 1.48. The van der Waals surface area contributed by atoms with Crippen LogP contribution in [0.1, 0.15) is 40.5 Å². The van der Waals surface area contributed by atoms with Crippen molar-refractivity contribution in [3.8, 4) is 0 Å². The molecule has 1 aliphatic heterocycles. The van der Waals surface area contributed by atoms with Crippen LogP contribution in [0.5, 0.6) is 0 Å². The van der Waals surface area contributed by atoms with Gasteiger partial charge in [-0.25, -0.2) is 0 Å². The first-order chi connectivity index (χ1) is 7.92. The Balaban J connectivity index is 2.14. The molecule has 2 aliphatic rings. The van der Waals surface area contributed by atoms with Crippen LogP contribution in [0.25, 0.3) is 0 Å². The molecule has 1 heterocycles. The third-order valence-corrected chi connectivity index (χ3v) is 4.54. The number of rotatable bonds is 1. The smallest absolute Gasteiger partial charge is 0.0645 e. The zero-order valence-electron chi connectivity index (χ0n) is 11.8. The van der Waals surface area contributed by atoms with E-state index in [2.05, 4.69) is 32.6 Å². The molecule has 4 atom stereocenters. The van der Waals surface area contributed by atoms with Gasteiger partial charge in [-0.1, -0.05) is 13.8 Å². The summed E-state index contributed by atoms with van der Waals surface area (Å²) in [6, 6.07) is 0.858. The number of nitrogens with zero attached hydrogens (tertiary/aromatic N) is 1. The molecule has 0 radical (unpaired) electrons. The van der Waals surface area contributed by atoms with Gasteiger partial charge in [0.1, 0.15) is 0 Å². The first kappa shape index (κ1) is 13.3. The molecule has 1 saturated carbocycles. The minimum Gasteiger partial charge on any atom is -0.378 e. The van der Waals surface area contributed by atoms with Gasteiger partial charge >= 0.3 is 0 Å². The summed E-state index contributed by atoms with van der Waals surface area (Å²) in [4.78, 5) is 2.61. The van der Waals surface area contributed by atoms with Gasteiger partial charge in [0.2, 0.25) is 0 Å². The summed E-state index contributed by atoms with van der Waals surface area (Å²) in [6.07, 6.45) is 2.48. The summed E-state index contributed by atoms with van der Waals surface area (Å²) in [6.45, 7) is 12.0. The molecule has 4 unspecified atom stereocenters. The van der Waals surface area contributed by atoms with Crippen LogP contribution in [0, 0.1) is 11.8 Å². The van der Waals surface area contributed by atoms with Crippen LogP contribution in [0.4, 0.5) is 0 Å². The maximum Gasteiger partial charge on any atom is 0.0645 e. The Kier molecular flexibility index (Phi) is 3.81. The van der Waals surface area contributed by atoms with E-state index in [0.717, 1.165) is 25.7 Å². The number of morpholine rings is 1. The van der Waals surface area contributed by atoms with E-state index >= 15 is 0 Å². The average Bonchev–Trinajstić information content (AvgIpc) is 2.18. The zero-order valence-corrected chi connectivity index (χ0v) is 11.8. The highest BCUT2D eigenvalue weighted by atomic mass is 16.5. The van der Waals surface area contributed by atoms with Crippen LogP contribution in [-0.2, 0) is 4.74 Å². The molecule has 0 spiro atoms. The van der Waals surface area contributed by atoms with E-state index in [1.54, 1.807) is 0 Å². The molecule has 2 N–H and O–H groups in total. The maximum absolute atomic E-state index is 6.43. The number of hydrogen-bond donors (Lipinski definition) is 1. The topological polar surface area (TPSA) is 38.5 Å². The predicted molar refractivity (Wildman–Crippen MR) is 70.9 cm³/mol. The van der Waals surface area contributed by atoms with Crippen molar-refractivity contribution in [3.05, 3.63) is 0 Å². The van der Waals surface area contributed by atoms with Crippen molar-refractivity contribution in [2.45, 2.75) is 58.2 Å². The van der Waals surface area contributed by atoms with Crippen molar-refractivity contribution in [3.63, 3.8) is 0 Å². The molecule has 1 saturated heterocycles. The third-order valence-electron chi connectivity index (χ3n) is 4.54. The van der Waals surface area contributed by atoms with Crippen LogP contribution >= 0.6 is 0 Å². The van der Waals surface area contributed by atoms with Crippen molar-refractivity contribution in [2.75, 3.05) is 19.8 Å². The lowest BCUT2D eigenvalue weighted by Gasteiger charge is -2.52. The molecular formula is C14H28N2O. The van der Waals surface area contributed by atoms with Crippen LogP contribution in [0.3, 0.4) is 0 Å². The predicted octanol–water partition coefficient (Wildman–Crippen LogP) is 1.86. The van der Waals surface area contributed by atoms with Gasteiger partial charge in [0.05, 0.1) is 13.2 Å². The van der Waals surface area contributed by atoms with E-state index in [9.17, 15) is 0 Å². The monoisotopic (exact) mass is 240 g/mol. The van der Waals surface area contributed by atoms with E-state index < -0.39 is 0 Å². The molecule has 1 aliphatic carbocycles. The Morgan fingerprint density at radius 1 is 1.24 bits per heavy atom. The van der Waals surface area contributed by atoms with Crippen LogP contribution in [0.2, 0.25) is 0 Å². The lowest BCUT2D eigenvalue weighted by Crippen LogP contribution is -2.64. The number of hydrogen-bond acceptors (Lipinski definition) is 3. The highest BCUT2D eigenvalue weighted by molar-refractivity contribution is 4.98. The Morgan fingerprint density at radius 2 is 1.94 bits per heavy atom. The molecule has 2 fully saturated rings. The highest BCUT2D eigenvalue weighted by Crippen LogP contribution is 2.35. The molecule has 0 aromatic heterocycles. The minimum atomic E-state index is 0.134. The minimum absolute atomic E-state index is 0.134. The van der Waals surface area contributed by atoms with E-state index in [1.807, 2.05) is 0 Å². The molecule has 17 heavy (non-hydrogen) atoms. The number of ether oxygens (including phenoxy) is 1. The van der Waals surface area contributed by atoms with Gasteiger partial charge in [0.15, 0.2) is 0 Å². The van der Waals surface area contributed by atoms with Crippen molar-refractivity contribution in [1.82, 2.24) is 4.90 Å². The second-order valence-corrected chi connectivity index (χ2v) is 6.77. The lowest BCUT2D eigenvalue weighted by atomic mass is 9.75. The largest absolute Gasteiger partial charge is 0.378 e. The summed E-state index contributed by atoms with van der Waals surface area (Å²) < 4.78 is 5.61. The molecular weight excluding hydrogens is 212 g/mol. The second-order valence-electron chi connectivity index (χ2n) is 6.77. The normalized spacial score (nSPS) is 43.6. The van der Waals surface area contributed by atoms with Gasteiger partial charge in [-0.3, -0.25) is 4.90 Å². The van der Waals surface area contributed by atoms with Crippen LogP contribution in [-0.4, -0.2) is 42.3 Å². The van der Waals surface area contributed by atoms with Gasteiger partial charge in [0, 0.05) is 24.2 Å². The van der Waals surface area contributed by atoms with Gasteiger partial charge in [-0.05, 0) is 38.5 Å². The fourth-order valence-corrected chi connectivity index (χ4v) is 3.86. The van der Waals surface area contributed by atoms with Crippen molar-refractivity contribution >= 4 is 0 Å². The Bertz CT molecular complexity index is 255. The van der Waals surface area contributed by atoms with Crippen molar-refractivity contribution in [2.24, 2.45) is 17.6 Å². The molecule has 3 heteroatoms. The molecule has 0 aromatic carbocycles. The Hall–Kier alpha value is -0.120. The molecule has 3 nitrogen and oxygen atoms in total. The van der Waals surface area contributed by atoms with E-state index in [-0.39, 0.29) is 5.54 Å². The Morgan fingerprint density at radius 3 is 2.53 bits per heavy atom. The highest BCUT2D eigenvalue weighted by Gasteiger charge is 2.42. The van der Waals surface area contributed by atoms with Gasteiger partial charge in [-0.2, -0.15) is 0 Å². The van der Waals surface area contributed by atoms with Crippen LogP contribution < -0.4 is 5.73 Å². The van der Waals surface area contributed by atoms with E-state index in [4.69, 9.17) is 10.5 Å². The summed E-state index contributed by atoms with van der Waals surface area (Å²) in [5, 5.41) is 0. The molecule has 0 amide bonds. The van der Waals surface area contributed by atoms with E-state index in [1.165, 1.54) is 12.8 Å². The SMILES string of the molecule is CC1CC(C)C(N2CCOCC2(C)C)C(N)C1. The standard InChI is InChI=1S/C14H28N2O/c1-10-7-11(2)13(12(15)8-10)16-5-6-17-9-14(16,3)4/h10-13H,5-9,15H2,1-4H3. The maximum atomic E-state index is 6.43. The lowest BCUT2D eigenvalue weighted by molar-refractivity contribution is -0.0951. The first-order valence-electron chi connectivity index (χ1n) is 7.02. The fourth-order valence-electron chi connectivity index (χ4n) is 3.86. The van der Waals surface area contributed by atoms with Crippen molar-refractivity contribution < 1.29 is 4.74 Å². The third kappa shape index (κ3) is 2.67. The van der Waals surface area contributed by atoms with E-state index in [0.29, 0.717) is 18.0 Å². The molecule has 100 valence electrons. The first-order valence-corrected chi connectivity index (χ1v) is 7.02. The fraction of sp³-hybridized carbons (Fsp3) is 1.00. The molecule has 0 bridgehead atoms. The van der Waals surface area contributed by atoms with Gasteiger partial charge in [-0.15, -0.1) is 0 Å². The zero-order chi connectivity index (χ0) is 12.6. The second kappa shape index (κ2) is 4.87. The summed E-state index contributed by atoms with van der Waals surface area (Å²) in [7, 11) is 0. The number of nitrogens with two attached hydrogens (primary N) is 1. The van der Waals surface area contributed by atoms with Crippen LogP contribution in [0.15, 0.2) is 0 Å². The average molecular weight is 240 g/mol. The van der Waals surface area contributed by atoms with Crippen molar-refractivity contribution in [1.29, 1.82) is 0 Å². The van der Waals surface area contributed by atoms with Gasteiger partial charge in [0.25, 0.3) is 0 Å². The molecule has 2 rings (SSSR count).